The van der Waals surface area contributed by atoms with Crippen LogP contribution < -0.4 is 0 Å². The highest BCUT2D eigenvalue weighted by Crippen LogP contribution is 2.37. The average molecular weight is 403 g/mol. The molecule has 7 heteroatoms. The van der Waals surface area contributed by atoms with E-state index < -0.39 is 28.6 Å². The topological polar surface area (TPSA) is 61.1 Å². The summed E-state index contributed by atoms with van der Waals surface area (Å²) < 4.78 is 23.0. The largest absolute Gasteiger partial charge is 0.466 e. The molecule has 2 atom stereocenters. The van der Waals surface area contributed by atoms with Crippen molar-refractivity contribution < 1.29 is 23.4 Å². The van der Waals surface area contributed by atoms with Crippen LogP contribution in [-0.4, -0.2) is 47.6 Å². The molecule has 0 radical (unpaired) electrons. The van der Waals surface area contributed by atoms with E-state index >= 15 is 0 Å². The number of aliphatic hydroxyl groups is 1. The molecule has 0 fully saturated rings. The molecule has 1 N–H and O–H groups in total. The zero-order valence-corrected chi connectivity index (χ0v) is 19.8. The van der Waals surface area contributed by atoms with Crippen LogP contribution in [0.3, 0.4) is 0 Å². The molecule has 1 aromatic heterocycles. The molecule has 0 unspecified atom stereocenters. The molecule has 0 aromatic carbocycles. The average Bonchev–Trinajstić information content (AvgIpc) is 3.00. The Morgan fingerprint density at radius 1 is 1.15 bits per heavy atom. The van der Waals surface area contributed by atoms with Gasteiger partial charge in [0.05, 0.1) is 12.9 Å². The Morgan fingerprint density at radius 3 is 2.31 bits per heavy atom. The van der Waals surface area contributed by atoms with Gasteiger partial charge >= 0.3 is 0 Å². The van der Waals surface area contributed by atoms with Crippen molar-refractivity contribution in [1.29, 1.82) is 0 Å². The normalized spacial score (nSPS) is 15.9. The molecule has 0 bridgehead atoms. The molecule has 1 heterocycles. The van der Waals surface area contributed by atoms with Crippen molar-refractivity contribution >= 4 is 16.4 Å². The fourth-order valence-corrected chi connectivity index (χ4v) is 3.77. The Kier molecular flexibility index (Phi) is 8.76. The van der Waals surface area contributed by atoms with Gasteiger partial charge in [0.25, 0.3) is 0 Å². The summed E-state index contributed by atoms with van der Waals surface area (Å²) in [4.78, 5) is 0. The first-order chi connectivity index (χ1) is 11.8. The predicted octanol–water partition coefficient (Wildman–Crippen LogP) is 5.03. The van der Waals surface area contributed by atoms with Crippen molar-refractivity contribution in [2.75, 3.05) is 20.0 Å². The quantitative estimate of drug-likeness (QED) is 0.319. The maximum atomic E-state index is 10.7. The van der Waals surface area contributed by atoms with Crippen LogP contribution in [0.15, 0.2) is 22.8 Å². The van der Waals surface area contributed by atoms with Crippen LogP contribution in [0, 0.1) is 0 Å². The molecule has 0 saturated heterocycles. The molecule has 1 rings (SSSR count). The van der Waals surface area contributed by atoms with Gasteiger partial charge in [-0.15, -0.1) is 0 Å². The van der Waals surface area contributed by atoms with Crippen LogP contribution in [0.25, 0.3) is 0 Å². The maximum Gasteiger partial charge on any atom is 0.192 e. The van der Waals surface area contributed by atoms with Crippen molar-refractivity contribution in [2.45, 2.75) is 76.8 Å². The Hall–Kier alpha value is -0.446. The van der Waals surface area contributed by atoms with E-state index in [2.05, 4.69) is 53.5 Å². The third-order valence-electron chi connectivity index (χ3n) is 4.92. The first-order valence-corrected chi connectivity index (χ1v) is 16.0. The molecule has 26 heavy (non-hydrogen) atoms. The van der Waals surface area contributed by atoms with Gasteiger partial charge < -0.3 is 23.4 Å². The van der Waals surface area contributed by atoms with Gasteiger partial charge in [0.1, 0.15) is 24.8 Å². The summed E-state index contributed by atoms with van der Waals surface area (Å²) in [6.07, 6.45) is 0.177. The van der Waals surface area contributed by atoms with Crippen LogP contribution in [-0.2, 0) is 13.9 Å². The third kappa shape index (κ3) is 8.06. The summed E-state index contributed by atoms with van der Waals surface area (Å²) >= 11 is 0. The zero-order valence-electron chi connectivity index (χ0n) is 17.8. The second-order valence-electron chi connectivity index (χ2n) is 9.58. The van der Waals surface area contributed by atoms with E-state index in [9.17, 15) is 5.11 Å². The summed E-state index contributed by atoms with van der Waals surface area (Å²) in [6, 6.07) is 4.68. The van der Waals surface area contributed by atoms with Gasteiger partial charge in [-0.3, -0.25) is 0 Å². The minimum atomic E-state index is -1.94. The molecule has 0 spiro atoms. The monoisotopic (exact) mass is 402 g/mol. The standard InChI is InChI=1S/C19H38O5Si2/c1-19(2,3)26(7,8)24-14-16(20)18(17-10-9-11-22-17)23-15-21-12-13-25(4,5)6/h9-11,16,18,20H,12-15H2,1-8H3/t16-,18-/m1/s1. The lowest BCUT2D eigenvalue weighted by Crippen LogP contribution is -2.43. The molecule has 5 nitrogen and oxygen atoms in total. The van der Waals surface area contributed by atoms with E-state index in [-0.39, 0.29) is 18.4 Å². The van der Waals surface area contributed by atoms with Crippen molar-refractivity contribution in [1.82, 2.24) is 0 Å². The van der Waals surface area contributed by atoms with E-state index in [0.717, 1.165) is 6.04 Å². The highest BCUT2D eigenvalue weighted by atomic mass is 28.4. The lowest BCUT2D eigenvalue weighted by atomic mass is 10.1. The maximum absolute atomic E-state index is 10.7. The van der Waals surface area contributed by atoms with E-state index in [1.807, 2.05) is 6.07 Å². The molecule has 0 amide bonds. The van der Waals surface area contributed by atoms with Gasteiger partial charge in [-0.05, 0) is 36.3 Å². The number of rotatable bonds is 11. The second-order valence-corrected chi connectivity index (χ2v) is 20.0. The van der Waals surface area contributed by atoms with E-state index in [1.165, 1.54) is 0 Å². The number of ether oxygens (including phenoxy) is 2. The Labute approximate surface area is 161 Å². The number of hydrogen-bond acceptors (Lipinski definition) is 5. The van der Waals surface area contributed by atoms with Gasteiger partial charge in [0.15, 0.2) is 8.32 Å². The number of furan rings is 1. The van der Waals surface area contributed by atoms with Crippen LogP contribution >= 0.6 is 0 Å². The first kappa shape index (κ1) is 23.6. The number of aliphatic hydroxyl groups excluding tert-OH is 1. The fourth-order valence-electron chi connectivity index (χ4n) is 1.99. The van der Waals surface area contributed by atoms with Crippen LogP contribution in [0.5, 0.6) is 0 Å². The Morgan fingerprint density at radius 2 is 1.81 bits per heavy atom. The lowest BCUT2D eigenvalue weighted by molar-refractivity contribution is -0.137. The first-order valence-electron chi connectivity index (χ1n) is 9.38. The molecular weight excluding hydrogens is 364 g/mol. The van der Waals surface area contributed by atoms with Crippen molar-refractivity contribution in [3.63, 3.8) is 0 Å². The van der Waals surface area contributed by atoms with Crippen LogP contribution in [0.2, 0.25) is 43.8 Å². The van der Waals surface area contributed by atoms with E-state index in [0.29, 0.717) is 12.4 Å². The molecule has 0 saturated carbocycles. The van der Waals surface area contributed by atoms with Gasteiger partial charge in [-0.1, -0.05) is 40.4 Å². The summed E-state index contributed by atoms with van der Waals surface area (Å²) in [5.74, 6) is 0.588. The van der Waals surface area contributed by atoms with Crippen molar-refractivity contribution in [3.05, 3.63) is 24.2 Å². The minimum absolute atomic E-state index is 0.0910. The SMILES string of the molecule is CC(C)(C)[Si](C)(C)OC[C@@H](O)[C@@H](OCOCC[Si](C)(C)C)c1ccco1. The predicted molar refractivity (Wildman–Crippen MR) is 111 cm³/mol. The lowest BCUT2D eigenvalue weighted by Gasteiger charge is -2.37. The fraction of sp³-hybridized carbons (Fsp3) is 0.789. The van der Waals surface area contributed by atoms with Gasteiger partial charge in [-0.25, -0.2) is 0 Å². The molecule has 1 aromatic rings. The smallest absolute Gasteiger partial charge is 0.192 e. The highest BCUT2D eigenvalue weighted by molar-refractivity contribution is 6.76. The third-order valence-corrected chi connectivity index (χ3v) is 11.1. The summed E-state index contributed by atoms with van der Waals surface area (Å²) in [6.45, 7) is 18.8. The van der Waals surface area contributed by atoms with Crippen molar-refractivity contribution in [3.8, 4) is 0 Å². The minimum Gasteiger partial charge on any atom is -0.466 e. The zero-order chi connectivity index (χ0) is 20.0. The van der Waals surface area contributed by atoms with Crippen LogP contribution in [0.4, 0.5) is 0 Å². The molecule has 152 valence electrons. The van der Waals surface area contributed by atoms with Crippen LogP contribution in [0.1, 0.15) is 32.6 Å². The Bertz CT molecular complexity index is 503. The van der Waals surface area contributed by atoms with Gasteiger partial charge in [0.2, 0.25) is 0 Å². The summed E-state index contributed by atoms with van der Waals surface area (Å²) in [7, 11) is -3.06. The van der Waals surface area contributed by atoms with Gasteiger partial charge in [-0.2, -0.15) is 0 Å². The molecular formula is C19H38O5Si2. The Balaban J connectivity index is 2.58. The van der Waals surface area contributed by atoms with E-state index in [4.69, 9.17) is 18.3 Å². The van der Waals surface area contributed by atoms with Gasteiger partial charge in [0, 0.05) is 14.7 Å². The number of hydrogen-bond donors (Lipinski definition) is 1. The van der Waals surface area contributed by atoms with Crippen molar-refractivity contribution in [2.24, 2.45) is 0 Å². The molecule has 0 aliphatic heterocycles. The summed E-state index contributed by atoms with van der Waals surface area (Å²) in [5.41, 5.74) is 0. The molecule has 0 aliphatic rings. The highest BCUT2D eigenvalue weighted by Gasteiger charge is 2.38. The molecule has 0 aliphatic carbocycles. The van der Waals surface area contributed by atoms with E-state index in [1.54, 1.807) is 12.3 Å². The second kappa shape index (κ2) is 9.66. The summed E-state index contributed by atoms with van der Waals surface area (Å²) in [5, 5.41) is 10.8.